The molecule has 8 heteroatoms. The van der Waals surface area contributed by atoms with Gasteiger partial charge >= 0.3 is 0 Å². The highest BCUT2D eigenvalue weighted by molar-refractivity contribution is 7.90. The fourth-order valence-corrected chi connectivity index (χ4v) is 2.23. The van der Waals surface area contributed by atoms with Crippen molar-refractivity contribution >= 4 is 19.9 Å². The quantitative estimate of drug-likeness (QED) is 0.628. The van der Waals surface area contributed by atoms with Gasteiger partial charge in [0.2, 0.25) is 10.0 Å². The van der Waals surface area contributed by atoms with E-state index in [1.165, 1.54) is 6.92 Å². The maximum atomic E-state index is 11.2. The Balaban J connectivity index is 4.05. The smallest absolute Gasteiger partial charge is 0.227 e. The maximum Gasteiger partial charge on any atom is 0.227 e. The third-order valence-corrected chi connectivity index (χ3v) is 4.32. The highest BCUT2D eigenvalue weighted by Gasteiger charge is 2.18. The topological polar surface area (TPSA) is 104 Å². The summed E-state index contributed by atoms with van der Waals surface area (Å²) in [6, 6.07) is 1.59. The first-order valence-corrected chi connectivity index (χ1v) is 7.85. The fraction of sp³-hybridized carbons (Fsp3) is 0.857. The Morgan fingerprint density at radius 1 is 1.33 bits per heavy atom. The molecule has 0 aliphatic carbocycles. The van der Waals surface area contributed by atoms with Crippen LogP contribution in [-0.4, -0.2) is 40.6 Å². The van der Waals surface area contributed by atoms with E-state index < -0.39 is 25.1 Å². The van der Waals surface area contributed by atoms with Gasteiger partial charge in [-0.3, -0.25) is 0 Å². The lowest BCUT2D eigenvalue weighted by Crippen LogP contribution is -2.33. The average Bonchev–Trinajstić information content (AvgIpc) is 2.09. The summed E-state index contributed by atoms with van der Waals surface area (Å²) < 4.78 is 46.0. The number of hydrogen-bond donors (Lipinski definition) is 1. The lowest BCUT2D eigenvalue weighted by atomic mass is 10.5. The molecule has 0 aliphatic heterocycles. The second-order valence-corrected chi connectivity index (χ2v) is 7.54. The second-order valence-electron chi connectivity index (χ2n) is 3.19. The minimum Gasteiger partial charge on any atom is -0.229 e. The summed E-state index contributed by atoms with van der Waals surface area (Å²) in [5, 5.41) is 7.26. The van der Waals surface area contributed by atoms with Crippen LogP contribution in [-0.2, 0) is 19.9 Å². The number of hydrogen-bond acceptors (Lipinski definition) is 5. The molecule has 0 aromatic carbocycles. The van der Waals surface area contributed by atoms with E-state index in [9.17, 15) is 16.8 Å². The number of rotatable bonds is 6. The van der Waals surface area contributed by atoms with Crippen LogP contribution in [0.25, 0.3) is 0 Å². The Hall–Kier alpha value is -0.650. The average molecular weight is 254 g/mol. The van der Waals surface area contributed by atoms with E-state index in [4.69, 9.17) is 5.26 Å². The summed E-state index contributed by atoms with van der Waals surface area (Å²) in [6.07, 6.45) is 1.29. The van der Waals surface area contributed by atoms with Gasteiger partial charge in [-0.2, -0.15) is 5.26 Å². The van der Waals surface area contributed by atoms with Crippen LogP contribution >= 0.6 is 0 Å². The number of sulfone groups is 1. The molecule has 0 rings (SSSR count). The van der Waals surface area contributed by atoms with Crippen molar-refractivity contribution in [3.8, 4) is 6.07 Å². The number of nitrogens with one attached hydrogen (secondary N) is 1. The van der Waals surface area contributed by atoms with Gasteiger partial charge in [-0.15, -0.1) is 0 Å². The largest absolute Gasteiger partial charge is 0.229 e. The van der Waals surface area contributed by atoms with Crippen molar-refractivity contribution < 1.29 is 16.8 Å². The van der Waals surface area contributed by atoms with Gasteiger partial charge in [0.15, 0.2) is 5.25 Å². The van der Waals surface area contributed by atoms with E-state index >= 15 is 0 Å². The Bertz CT molecular complexity index is 432. The monoisotopic (exact) mass is 254 g/mol. The molecule has 0 heterocycles. The summed E-state index contributed by atoms with van der Waals surface area (Å²) >= 11 is 0. The Kier molecular flexibility index (Phi) is 5.20. The number of nitrogens with zero attached hydrogens (tertiary/aromatic N) is 1. The molecular weight excluding hydrogens is 240 g/mol. The number of nitriles is 1. The molecule has 0 aromatic rings. The molecule has 0 radical (unpaired) electrons. The van der Waals surface area contributed by atoms with Crippen LogP contribution in [0.2, 0.25) is 0 Å². The van der Waals surface area contributed by atoms with Gasteiger partial charge < -0.3 is 0 Å². The summed E-state index contributed by atoms with van der Waals surface area (Å²) in [7, 11) is -6.70. The molecule has 0 amide bonds. The minimum absolute atomic E-state index is 0.0292. The third-order valence-electron chi connectivity index (χ3n) is 1.64. The van der Waals surface area contributed by atoms with E-state index in [2.05, 4.69) is 4.72 Å². The van der Waals surface area contributed by atoms with Crippen LogP contribution < -0.4 is 4.72 Å². The lowest BCUT2D eigenvalue weighted by Gasteiger charge is -2.06. The first-order valence-electron chi connectivity index (χ1n) is 4.25. The molecule has 6 nitrogen and oxygen atoms in total. The van der Waals surface area contributed by atoms with Crippen LogP contribution in [0.4, 0.5) is 0 Å². The standard InChI is InChI=1S/C7H14N2O4S2/c1-7(6-8)15(12,13)9-4-3-5-14(2,10)11/h7,9H,3-5H2,1-2H3. The Morgan fingerprint density at radius 2 is 1.87 bits per heavy atom. The van der Waals surface area contributed by atoms with Gasteiger partial charge in [0, 0.05) is 12.8 Å². The van der Waals surface area contributed by atoms with Gasteiger partial charge in [-0.05, 0) is 13.3 Å². The molecule has 88 valence electrons. The maximum absolute atomic E-state index is 11.2. The molecule has 1 N–H and O–H groups in total. The first-order chi connectivity index (χ1) is 6.69. The molecule has 15 heavy (non-hydrogen) atoms. The molecule has 0 aliphatic rings. The van der Waals surface area contributed by atoms with Crippen molar-refractivity contribution in [3.63, 3.8) is 0 Å². The first kappa shape index (κ1) is 14.3. The van der Waals surface area contributed by atoms with Crippen molar-refractivity contribution in [1.82, 2.24) is 4.72 Å². The van der Waals surface area contributed by atoms with Crippen LogP contribution in [0.1, 0.15) is 13.3 Å². The predicted molar refractivity (Wildman–Crippen MR) is 56.3 cm³/mol. The van der Waals surface area contributed by atoms with Crippen molar-refractivity contribution in [1.29, 1.82) is 5.26 Å². The molecule has 1 unspecified atom stereocenters. The van der Waals surface area contributed by atoms with Gasteiger partial charge in [0.05, 0.1) is 11.8 Å². The van der Waals surface area contributed by atoms with Crippen molar-refractivity contribution in [2.75, 3.05) is 18.6 Å². The van der Waals surface area contributed by atoms with Gasteiger partial charge in [-0.1, -0.05) is 0 Å². The van der Waals surface area contributed by atoms with Crippen molar-refractivity contribution in [2.45, 2.75) is 18.6 Å². The summed E-state index contributed by atoms with van der Waals surface area (Å²) in [6.45, 7) is 1.29. The zero-order chi connectivity index (χ0) is 12.1. The predicted octanol–water partition coefficient (Wildman–Crippen LogP) is -0.747. The van der Waals surface area contributed by atoms with Gasteiger partial charge in [0.1, 0.15) is 9.84 Å². The van der Waals surface area contributed by atoms with E-state index in [-0.39, 0.29) is 18.7 Å². The number of sulfonamides is 1. The minimum atomic E-state index is -3.63. The third kappa shape index (κ3) is 6.43. The van der Waals surface area contributed by atoms with Crippen LogP contribution in [0.5, 0.6) is 0 Å². The van der Waals surface area contributed by atoms with Crippen molar-refractivity contribution in [3.05, 3.63) is 0 Å². The summed E-state index contributed by atoms with van der Waals surface area (Å²) in [4.78, 5) is 0. The normalized spacial score (nSPS) is 14.5. The molecule has 0 saturated heterocycles. The Labute approximate surface area is 90.3 Å². The van der Waals surface area contributed by atoms with E-state index in [0.29, 0.717) is 0 Å². The van der Waals surface area contributed by atoms with Crippen molar-refractivity contribution in [2.24, 2.45) is 0 Å². The van der Waals surface area contributed by atoms with E-state index in [1.807, 2.05) is 0 Å². The lowest BCUT2D eigenvalue weighted by molar-refractivity contribution is 0.573. The zero-order valence-corrected chi connectivity index (χ0v) is 10.2. The van der Waals surface area contributed by atoms with E-state index in [1.54, 1.807) is 6.07 Å². The molecule has 0 bridgehead atoms. The highest BCUT2D eigenvalue weighted by atomic mass is 32.2. The highest BCUT2D eigenvalue weighted by Crippen LogP contribution is 1.96. The van der Waals surface area contributed by atoms with Gasteiger partial charge in [0.25, 0.3) is 0 Å². The summed E-state index contributed by atoms with van der Waals surface area (Å²) in [5.74, 6) is -0.0730. The SMILES string of the molecule is CC(C#N)S(=O)(=O)NCCCS(C)(=O)=O. The molecule has 1 atom stereocenters. The van der Waals surface area contributed by atoms with Crippen LogP contribution in [0.15, 0.2) is 0 Å². The fourth-order valence-electron chi connectivity index (χ4n) is 0.743. The molecule has 0 spiro atoms. The molecule has 0 fully saturated rings. The zero-order valence-electron chi connectivity index (χ0n) is 8.60. The van der Waals surface area contributed by atoms with Crippen LogP contribution in [0.3, 0.4) is 0 Å². The summed E-state index contributed by atoms with van der Waals surface area (Å²) in [5.41, 5.74) is 0. The molecule has 0 saturated carbocycles. The molecular formula is C7H14N2O4S2. The second kappa shape index (κ2) is 5.44. The molecule has 0 aromatic heterocycles. The van der Waals surface area contributed by atoms with E-state index in [0.717, 1.165) is 6.26 Å². The van der Waals surface area contributed by atoms with Crippen LogP contribution in [0, 0.1) is 11.3 Å². The van der Waals surface area contributed by atoms with Gasteiger partial charge in [-0.25, -0.2) is 21.6 Å². The Morgan fingerprint density at radius 3 is 2.27 bits per heavy atom.